The Labute approximate surface area is 137 Å². The molecular formula is C15H17N5O2S. The molecule has 0 atom stereocenters. The molecule has 0 aliphatic carbocycles. The zero-order chi connectivity index (χ0) is 16.1. The Bertz CT molecular complexity index is 744. The third-order valence-corrected chi connectivity index (χ3v) is 4.11. The van der Waals surface area contributed by atoms with Gasteiger partial charge in [-0.1, -0.05) is 6.07 Å². The van der Waals surface area contributed by atoms with Gasteiger partial charge in [-0.3, -0.25) is 4.57 Å². The molecule has 0 aliphatic rings. The molecule has 3 heterocycles. The molecule has 3 aromatic heterocycles. The van der Waals surface area contributed by atoms with E-state index in [1.165, 1.54) is 0 Å². The van der Waals surface area contributed by atoms with Crippen LogP contribution in [-0.2, 0) is 11.2 Å². The van der Waals surface area contributed by atoms with Crippen molar-refractivity contribution in [3.8, 4) is 16.4 Å². The molecule has 0 aromatic carbocycles. The maximum absolute atomic E-state index is 8.80. The number of nitrogens with zero attached hydrogens (tertiary/aromatic N) is 4. The number of imidazole rings is 1. The Morgan fingerprint density at radius 1 is 1.30 bits per heavy atom. The molecule has 0 spiro atoms. The molecule has 3 rings (SSSR count). The first-order valence-corrected chi connectivity index (χ1v) is 8.04. The maximum Gasteiger partial charge on any atom is 0.237 e. The number of aliphatic hydroxyl groups is 1. The normalized spacial score (nSPS) is 11.0. The Balaban J connectivity index is 1.97. The first-order valence-electron chi connectivity index (χ1n) is 7.17. The molecule has 3 aromatic rings. The lowest BCUT2D eigenvalue weighted by atomic mass is 10.1. The van der Waals surface area contributed by atoms with E-state index in [1.54, 1.807) is 34.6 Å². The molecule has 0 saturated heterocycles. The molecule has 8 heteroatoms. The average molecular weight is 331 g/mol. The molecule has 0 aliphatic heterocycles. The predicted octanol–water partition coefficient (Wildman–Crippen LogP) is 1.52. The second kappa shape index (κ2) is 7.32. The lowest BCUT2D eigenvalue weighted by Crippen LogP contribution is -2.11. The van der Waals surface area contributed by atoms with E-state index < -0.39 is 0 Å². The van der Waals surface area contributed by atoms with E-state index >= 15 is 0 Å². The smallest absolute Gasteiger partial charge is 0.237 e. The molecule has 0 saturated carbocycles. The lowest BCUT2D eigenvalue weighted by molar-refractivity contribution is 0.0941. The average Bonchev–Trinajstić information content (AvgIpc) is 3.24. The summed E-state index contributed by atoms with van der Waals surface area (Å²) in [5, 5.41) is 10.8. The molecule has 0 bridgehead atoms. The van der Waals surface area contributed by atoms with Crippen LogP contribution in [0.4, 0.5) is 5.82 Å². The summed E-state index contributed by atoms with van der Waals surface area (Å²) in [6, 6.07) is 3.96. The largest absolute Gasteiger partial charge is 0.394 e. The molecule has 7 nitrogen and oxygen atoms in total. The third-order valence-electron chi connectivity index (χ3n) is 3.22. The highest BCUT2D eigenvalue weighted by molar-refractivity contribution is 7.13. The first kappa shape index (κ1) is 15.6. The molecule has 120 valence electrons. The summed E-state index contributed by atoms with van der Waals surface area (Å²) in [6.07, 6.45) is 5.65. The fraction of sp³-hybridized carbons (Fsp3) is 0.267. The van der Waals surface area contributed by atoms with Gasteiger partial charge in [0.25, 0.3) is 0 Å². The van der Waals surface area contributed by atoms with Crippen molar-refractivity contribution in [2.75, 3.05) is 25.6 Å². The van der Waals surface area contributed by atoms with Crippen LogP contribution in [0.1, 0.15) is 5.69 Å². The van der Waals surface area contributed by atoms with Crippen LogP contribution in [0.3, 0.4) is 0 Å². The van der Waals surface area contributed by atoms with Crippen LogP contribution in [0, 0.1) is 0 Å². The quantitative estimate of drug-likeness (QED) is 0.637. The summed E-state index contributed by atoms with van der Waals surface area (Å²) in [5.41, 5.74) is 7.86. The van der Waals surface area contributed by atoms with E-state index in [1.807, 2.05) is 17.5 Å². The van der Waals surface area contributed by atoms with Gasteiger partial charge < -0.3 is 15.6 Å². The Morgan fingerprint density at radius 2 is 2.22 bits per heavy atom. The fourth-order valence-corrected chi connectivity index (χ4v) is 3.01. The maximum atomic E-state index is 8.80. The Kier molecular flexibility index (Phi) is 4.96. The number of nitrogens with two attached hydrogens (primary N) is 1. The summed E-state index contributed by atoms with van der Waals surface area (Å²) in [5.74, 6) is 0.917. The number of rotatable bonds is 7. The van der Waals surface area contributed by atoms with Gasteiger partial charge in [0.15, 0.2) is 0 Å². The number of hydrogen-bond acceptors (Lipinski definition) is 7. The number of ether oxygens (including phenoxy) is 1. The minimum Gasteiger partial charge on any atom is -0.394 e. The monoisotopic (exact) mass is 331 g/mol. The molecule has 0 fully saturated rings. The van der Waals surface area contributed by atoms with Crippen molar-refractivity contribution in [1.82, 2.24) is 19.5 Å². The van der Waals surface area contributed by atoms with Gasteiger partial charge in [0, 0.05) is 23.7 Å². The van der Waals surface area contributed by atoms with Gasteiger partial charge in [0.1, 0.15) is 12.1 Å². The van der Waals surface area contributed by atoms with Crippen molar-refractivity contribution in [3.05, 3.63) is 41.9 Å². The van der Waals surface area contributed by atoms with Crippen molar-refractivity contribution in [2.24, 2.45) is 0 Å². The number of thiophene rings is 1. The molecule has 23 heavy (non-hydrogen) atoms. The summed E-state index contributed by atoms with van der Waals surface area (Å²) in [4.78, 5) is 14.1. The van der Waals surface area contributed by atoms with Crippen molar-refractivity contribution in [1.29, 1.82) is 0 Å². The van der Waals surface area contributed by atoms with Crippen LogP contribution in [0.25, 0.3) is 16.4 Å². The number of aliphatic hydroxyl groups excluding tert-OH is 1. The number of nitrogen functional groups attached to an aromatic ring is 1. The van der Waals surface area contributed by atoms with E-state index in [-0.39, 0.29) is 6.61 Å². The second-order valence-corrected chi connectivity index (χ2v) is 5.71. The van der Waals surface area contributed by atoms with Gasteiger partial charge in [-0.15, -0.1) is 11.3 Å². The first-order chi connectivity index (χ1) is 11.3. The number of aromatic nitrogens is 4. The fourth-order valence-electron chi connectivity index (χ4n) is 2.21. The predicted molar refractivity (Wildman–Crippen MR) is 88.5 cm³/mol. The van der Waals surface area contributed by atoms with Crippen LogP contribution < -0.4 is 5.73 Å². The van der Waals surface area contributed by atoms with E-state index in [0.717, 1.165) is 16.1 Å². The zero-order valence-corrected chi connectivity index (χ0v) is 13.2. The van der Waals surface area contributed by atoms with E-state index in [2.05, 4.69) is 15.0 Å². The van der Waals surface area contributed by atoms with Gasteiger partial charge in [-0.05, 0) is 11.4 Å². The van der Waals surface area contributed by atoms with Gasteiger partial charge in [0.2, 0.25) is 5.95 Å². The highest BCUT2D eigenvalue weighted by Crippen LogP contribution is 2.32. The van der Waals surface area contributed by atoms with Gasteiger partial charge in [-0.2, -0.15) is 4.98 Å². The van der Waals surface area contributed by atoms with Crippen molar-refractivity contribution < 1.29 is 9.84 Å². The van der Waals surface area contributed by atoms with Crippen LogP contribution in [0.2, 0.25) is 0 Å². The molecular weight excluding hydrogens is 314 g/mol. The standard InChI is InChI=1S/C15H17N5O2S/c16-14-13(12-2-1-9-23-12)11(3-7-22-8-6-21)18-15(19-14)20-5-4-17-10-20/h1-2,4-5,9-10,21H,3,6-8H2,(H2,16,18,19). The summed E-state index contributed by atoms with van der Waals surface area (Å²) in [6.45, 7) is 0.770. The van der Waals surface area contributed by atoms with Crippen molar-refractivity contribution in [3.63, 3.8) is 0 Å². The summed E-state index contributed by atoms with van der Waals surface area (Å²) in [7, 11) is 0. The topological polar surface area (TPSA) is 99.1 Å². The zero-order valence-electron chi connectivity index (χ0n) is 12.4. The van der Waals surface area contributed by atoms with Crippen molar-refractivity contribution >= 4 is 17.2 Å². The van der Waals surface area contributed by atoms with Crippen LogP contribution in [0.5, 0.6) is 0 Å². The minimum absolute atomic E-state index is 0.00395. The Morgan fingerprint density at radius 3 is 2.91 bits per heavy atom. The van der Waals surface area contributed by atoms with E-state index in [0.29, 0.717) is 31.4 Å². The number of anilines is 1. The van der Waals surface area contributed by atoms with E-state index in [9.17, 15) is 0 Å². The van der Waals surface area contributed by atoms with Crippen molar-refractivity contribution in [2.45, 2.75) is 6.42 Å². The number of hydrogen-bond donors (Lipinski definition) is 2. The summed E-state index contributed by atoms with van der Waals surface area (Å²) >= 11 is 1.59. The van der Waals surface area contributed by atoms with Crippen LogP contribution >= 0.6 is 11.3 Å². The summed E-state index contributed by atoms with van der Waals surface area (Å²) < 4.78 is 7.08. The lowest BCUT2D eigenvalue weighted by Gasteiger charge is -2.12. The van der Waals surface area contributed by atoms with Crippen LogP contribution in [0.15, 0.2) is 36.2 Å². The molecule has 0 radical (unpaired) electrons. The minimum atomic E-state index is 0.00395. The second-order valence-electron chi connectivity index (χ2n) is 4.76. The third kappa shape index (κ3) is 3.55. The molecule has 0 amide bonds. The highest BCUT2D eigenvalue weighted by atomic mass is 32.1. The van der Waals surface area contributed by atoms with E-state index in [4.69, 9.17) is 15.6 Å². The van der Waals surface area contributed by atoms with Gasteiger partial charge in [0.05, 0.1) is 31.1 Å². The van der Waals surface area contributed by atoms with Crippen LogP contribution in [-0.4, -0.2) is 44.4 Å². The molecule has 3 N–H and O–H groups in total. The van der Waals surface area contributed by atoms with Gasteiger partial charge in [-0.25, -0.2) is 9.97 Å². The molecule has 0 unspecified atom stereocenters. The Hall–Kier alpha value is -2.29. The SMILES string of the molecule is Nc1nc(-n2ccnc2)nc(CCOCCO)c1-c1cccs1. The highest BCUT2D eigenvalue weighted by Gasteiger charge is 2.16. The van der Waals surface area contributed by atoms with Gasteiger partial charge >= 0.3 is 0 Å².